The van der Waals surface area contributed by atoms with Crippen molar-refractivity contribution in [3.05, 3.63) is 78.8 Å². The first-order valence-corrected chi connectivity index (χ1v) is 16.6. The maximum Gasteiger partial charge on any atom is 0.345 e. The van der Waals surface area contributed by atoms with Crippen LogP contribution in [-0.4, -0.2) is 82.1 Å². The molecule has 5 rings (SSSR count). The maximum atomic E-state index is 14.6. The highest BCUT2D eigenvalue weighted by Gasteiger charge is 2.62. The fourth-order valence-electron chi connectivity index (χ4n) is 5.72. The lowest BCUT2D eigenvalue weighted by atomic mass is 9.82. The van der Waals surface area contributed by atoms with Gasteiger partial charge >= 0.3 is 23.9 Å². The molecule has 0 aromatic heterocycles. The van der Waals surface area contributed by atoms with Gasteiger partial charge in [0.25, 0.3) is 5.91 Å². The van der Waals surface area contributed by atoms with Gasteiger partial charge in [0, 0.05) is 21.6 Å². The third kappa shape index (κ3) is 5.33. The molecule has 0 saturated carbocycles. The number of nitrogens with zero attached hydrogens (tertiary/aromatic N) is 1. The second-order valence-electron chi connectivity index (χ2n) is 10.7. The Labute approximate surface area is 289 Å². The van der Waals surface area contributed by atoms with Gasteiger partial charge in [0.15, 0.2) is 0 Å². The highest BCUT2D eigenvalue weighted by Crippen LogP contribution is 2.71. The monoisotopic (exact) mass is 713 g/mol. The number of carbonyl (C=O) groups excluding carboxylic acids is 5. The fourth-order valence-corrected chi connectivity index (χ4v) is 10.8. The molecule has 1 amide bonds. The predicted molar refractivity (Wildman–Crippen MR) is 181 cm³/mol. The van der Waals surface area contributed by atoms with Crippen LogP contribution in [0.25, 0.3) is 5.57 Å². The molecule has 0 saturated heterocycles. The Morgan fingerprint density at radius 2 is 1.25 bits per heavy atom. The minimum Gasteiger partial charge on any atom is -0.497 e. The molecule has 48 heavy (non-hydrogen) atoms. The van der Waals surface area contributed by atoms with Crippen LogP contribution in [0.15, 0.2) is 67.7 Å². The summed E-state index contributed by atoms with van der Waals surface area (Å²) < 4.78 is 30.0. The van der Waals surface area contributed by atoms with Gasteiger partial charge in [0.05, 0.1) is 59.5 Å². The number of carbonyl (C=O) groups is 5. The van der Waals surface area contributed by atoms with E-state index in [1.807, 2.05) is 0 Å². The number of ether oxygens (including phenoxy) is 6. The second-order valence-corrected chi connectivity index (χ2v) is 14.5. The molecule has 0 radical (unpaired) electrons. The molecule has 3 heterocycles. The number of benzene rings is 2. The van der Waals surface area contributed by atoms with E-state index in [0.29, 0.717) is 38.8 Å². The standard InChI is InChI=1S/C33H31NO11S3/c1-32(2)26-20(18-13-10-14-19(41-4)22(18)34(32)27(35)16-11-9-12-17(15-16)40-3)33(21(28(36)42-5)23(46-26)29(37)43-6)47-24(30(38)44-7)25(48-33)31(39)45-8/h9-15H,1-8H3. The number of thioether (sulfide) groups is 3. The Balaban J connectivity index is 1.91. The summed E-state index contributed by atoms with van der Waals surface area (Å²) in [5, 5.41) is 0. The Morgan fingerprint density at radius 3 is 1.79 bits per heavy atom. The number of hydrogen-bond donors (Lipinski definition) is 0. The molecule has 0 bridgehead atoms. The van der Waals surface area contributed by atoms with E-state index in [0.717, 1.165) is 56.6 Å². The van der Waals surface area contributed by atoms with Gasteiger partial charge in [-0.05, 0) is 38.1 Å². The molecule has 0 aliphatic carbocycles. The Hall–Kier alpha value is -4.34. The number of esters is 4. The number of fused-ring (bicyclic) bond motifs is 3. The molecule has 3 aliphatic rings. The summed E-state index contributed by atoms with van der Waals surface area (Å²) in [6.45, 7) is 3.57. The first-order chi connectivity index (χ1) is 22.9. The van der Waals surface area contributed by atoms with E-state index < -0.39 is 39.4 Å². The fraction of sp³-hybridized carbons (Fsp3) is 0.303. The number of anilines is 1. The van der Waals surface area contributed by atoms with Crippen LogP contribution in [0.4, 0.5) is 5.69 Å². The molecular weight excluding hydrogens is 683 g/mol. The first-order valence-electron chi connectivity index (χ1n) is 14.2. The Morgan fingerprint density at radius 1 is 0.688 bits per heavy atom. The van der Waals surface area contributed by atoms with E-state index in [9.17, 15) is 24.0 Å². The van der Waals surface area contributed by atoms with Crippen molar-refractivity contribution in [1.82, 2.24) is 0 Å². The van der Waals surface area contributed by atoms with Gasteiger partial charge in [0.1, 0.15) is 30.3 Å². The van der Waals surface area contributed by atoms with Crippen LogP contribution in [0.1, 0.15) is 29.8 Å². The van der Waals surface area contributed by atoms with Crippen molar-refractivity contribution in [2.75, 3.05) is 47.6 Å². The van der Waals surface area contributed by atoms with E-state index in [4.69, 9.17) is 28.4 Å². The van der Waals surface area contributed by atoms with Gasteiger partial charge < -0.3 is 28.4 Å². The van der Waals surface area contributed by atoms with Gasteiger partial charge in [-0.15, -0.1) is 0 Å². The van der Waals surface area contributed by atoms with Crippen molar-refractivity contribution in [2.45, 2.75) is 23.5 Å². The van der Waals surface area contributed by atoms with Crippen LogP contribution >= 0.6 is 35.3 Å². The molecule has 0 N–H and O–H groups in total. The van der Waals surface area contributed by atoms with Crippen molar-refractivity contribution < 1.29 is 52.4 Å². The smallest absolute Gasteiger partial charge is 0.345 e. The third-order valence-corrected chi connectivity index (χ3v) is 12.5. The zero-order valence-corrected chi connectivity index (χ0v) is 29.7. The molecule has 12 nitrogen and oxygen atoms in total. The van der Waals surface area contributed by atoms with Crippen LogP contribution in [0.3, 0.4) is 0 Å². The van der Waals surface area contributed by atoms with Gasteiger partial charge in [-0.3, -0.25) is 9.69 Å². The summed E-state index contributed by atoms with van der Waals surface area (Å²) in [7, 11) is 7.60. The second kappa shape index (κ2) is 13.3. The van der Waals surface area contributed by atoms with Crippen molar-refractivity contribution >= 4 is 76.3 Å². The van der Waals surface area contributed by atoms with Gasteiger partial charge in [0.2, 0.25) is 0 Å². The molecule has 2 aromatic carbocycles. The lowest BCUT2D eigenvalue weighted by Crippen LogP contribution is -2.54. The van der Waals surface area contributed by atoms with Gasteiger partial charge in [-0.25, -0.2) is 19.2 Å². The number of methoxy groups -OCH3 is 6. The molecule has 0 atom stereocenters. The SMILES string of the molecule is COC(=O)C1=C(C(=O)OC)SC2(S1)C(C(=O)OC)=C(C(=O)OC)SC1=C2c2cccc(OC)c2N(C(=O)c2cccc(OC)c2)C1(C)C. The van der Waals surface area contributed by atoms with Crippen molar-refractivity contribution in [3.8, 4) is 11.5 Å². The minimum absolute atomic E-state index is 0.143. The average Bonchev–Trinajstić information content (AvgIpc) is 3.49. The van der Waals surface area contributed by atoms with E-state index >= 15 is 0 Å². The largest absolute Gasteiger partial charge is 0.497 e. The van der Waals surface area contributed by atoms with Crippen LogP contribution in [0.2, 0.25) is 0 Å². The van der Waals surface area contributed by atoms with Crippen LogP contribution in [-0.2, 0) is 38.1 Å². The lowest BCUT2D eigenvalue weighted by molar-refractivity contribution is -0.138. The van der Waals surface area contributed by atoms with Crippen molar-refractivity contribution in [1.29, 1.82) is 0 Å². The Bertz CT molecular complexity index is 1830. The summed E-state index contributed by atoms with van der Waals surface area (Å²) in [4.78, 5) is 70.0. The van der Waals surface area contributed by atoms with E-state index in [1.165, 1.54) is 21.3 Å². The summed E-state index contributed by atoms with van der Waals surface area (Å²) >= 11 is 2.64. The number of amides is 1. The van der Waals surface area contributed by atoms with Crippen LogP contribution in [0, 0.1) is 0 Å². The summed E-state index contributed by atoms with van der Waals surface area (Å²) in [5.74, 6) is -3.10. The average molecular weight is 714 g/mol. The highest BCUT2D eigenvalue weighted by atomic mass is 32.2. The van der Waals surface area contributed by atoms with E-state index in [1.54, 1.807) is 61.2 Å². The molecule has 252 valence electrons. The van der Waals surface area contributed by atoms with Crippen molar-refractivity contribution in [3.63, 3.8) is 0 Å². The zero-order chi connectivity index (χ0) is 35.1. The lowest BCUT2D eigenvalue weighted by Gasteiger charge is -2.51. The van der Waals surface area contributed by atoms with E-state index in [2.05, 4.69) is 0 Å². The molecule has 0 fully saturated rings. The first kappa shape index (κ1) is 35.0. The maximum absolute atomic E-state index is 14.6. The molecular formula is C33H31NO11S3. The quantitative estimate of drug-likeness (QED) is 0.282. The van der Waals surface area contributed by atoms with Crippen LogP contribution in [0.5, 0.6) is 11.5 Å². The predicted octanol–water partition coefficient (Wildman–Crippen LogP) is 4.93. The topological polar surface area (TPSA) is 144 Å². The van der Waals surface area contributed by atoms with E-state index in [-0.39, 0.29) is 20.3 Å². The summed E-state index contributed by atoms with van der Waals surface area (Å²) in [6.07, 6.45) is 0. The molecule has 1 spiro atoms. The normalized spacial score (nSPS) is 17.4. The van der Waals surface area contributed by atoms with Gasteiger partial charge in [-0.2, -0.15) is 0 Å². The number of hydrogen-bond acceptors (Lipinski definition) is 14. The summed E-state index contributed by atoms with van der Waals surface area (Å²) in [5.41, 5.74) is 0.112. The molecule has 2 aromatic rings. The Kier molecular flexibility index (Phi) is 9.68. The van der Waals surface area contributed by atoms with Gasteiger partial charge in [-0.1, -0.05) is 53.5 Å². The molecule has 3 aliphatic heterocycles. The minimum atomic E-state index is -1.71. The third-order valence-electron chi connectivity index (χ3n) is 7.86. The molecule has 0 unspecified atom stereocenters. The van der Waals surface area contributed by atoms with Crippen LogP contribution < -0.4 is 14.4 Å². The summed E-state index contributed by atoms with van der Waals surface area (Å²) in [6, 6.07) is 11.8. The number of para-hydroxylation sites is 1. The molecule has 15 heteroatoms. The zero-order valence-electron chi connectivity index (χ0n) is 27.2. The van der Waals surface area contributed by atoms with Crippen molar-refractivity contribution in [2.24, 2.45) is 0 Å². The highest BCUT2D eigenvalue weighted by molar-refractivity contribution is 8.26. The number of rotatable bonds is 7.